The minimum Gasteiger partial charge on any atom is -0.310 e. The Balaban J connectivity index is 1.20. The van der Waals surface area contributed by atoms with Gasteiger partial charge in [-0.1, -0.05) is 188 Å². The predicted molar refractivity (Wildman–Crippen MR) is 245 cm³/mol. The summed E-state index contributed by atoms with van der Waals surface area (Å²) in [5.41, 5.74) is 10.6. The molecule has 0 saturated carbocycles. The standard InChI is InChI=1S/C56H37N/c1-3-17-40(18-4-1)55-53-27-12-11-26-51(53)52-34-32-46(37-54(52)56(55)41-19-5-2-6-20-41)57(45-31-33-50-43(36-45)30-29-39-16-8-10-25-48(39)50)44-23-13-22-42(35-44)49-28-14-21-38-15-7-9-24-47(38)49/h1-37H. The van der Waals surface area contributed by atoms with Crippen LogP contribution in [0, 0.1) is 0 Å². The van der Waals surface area contributed by atoms with E-state index in [1.807, 2.05) is 0 Å². The summed E-state index contributed by atoms with van der Waals surface area (Å²) in [5, 5.41) is 12.4. The summed E-state index contributed by atoms with van der Waals surface area (Å²) in [6.45, 7) is 0. The van der Waals surface area contributed by atoms with E-state index in [9.17, 15) is 0 Å². The van der Waals surface area contributed by atoms with Crippen LogP contribution in [0.15, 0.2) is 224 Å². The second kappa shape index (κ2) is 13.7. The molecule has 11 aromatic rings. The molecule has 0 heterocycles. The van der Waals surface area contributed by atoms with Gasteiger partial charge in [0.1, 0.15) is 0 Å². The molecule has 0 aliphatic carbocycles. The summed E-state index contributed by atoms with van der Waals surface area (Å²) in [5.74, 6) is 0. The fourth-order valence-corrected chi connectivity index (χ4v) is 9.00. The van der Waals surface area contributed by atoms with Crippen molar-refractivity contribution in [3.63, 3.8) is 0 Å². The molecule has 1 nitrogen and oxygen atoms in total. The Morgan fingerprint density at radius 3 is 1.46 bits per heavy atom. The van der Waals surface area contributed by atoms with Crippen LogP contribution < -0.4 is 4.90 Å². The number of hydrogen-bond acceptors (Lipinski definition) is 1. The normalized spacial score (nSPS) is 11.5. The van der Waals surface area contributed by atoms with Crippen molar-refractivity contribution in [3.05, 3.63) is 224 Å². The average molecular weight is 724 g/mol. The van der Waals surface area contributed by atoms with E-state index in [2.05, 4.69) is 229 Å². The lowest BCUT2D eigenvalue weighted by molar-refractivity contribution is 1.30. The lowest BCUT2D eigenvalue weighted by atomic mass is 9.85. The van der Waals surface area contributed by atoms with Crippen LogP contribution in [0.5, 0.6) is 0 Å². The smallest absolute Gasteiger partial charge is 0.0468 e. The van der Waals surface area contributed by atoms with Crippen LogP contribution in [0.25, 0.3) is 87.2 Å². The quantitative estimate of drug-likeness (QED) is 0.154. The Labute approximate surface area is 332 Å². The maximum Gasteiger partial charge on any atom is 0.0468 e. The molecular weight excluding hydrogens is 687 g/mol. The molecule has 0 saturated heterocycles. The van der Waals surface area contributed by atoms with Gasteiger partial charge in [0, 0.05) is 17.1 Å². The molecule has 0 unspecified atom stereocenters. The fourth-order valence-electron chi connectivity index (χ4n) is 9.00. The predicted octanol–water partition coefficient (Wildman–Crippen LogP) is 15.9. The zero-order chi connectivity index (χ0) is 37.7. The largest absolute Gasteiger partial charge is 0.310 e. The summed E-state index contributed by atoms with van der Waals surface area (Å²) in [7, 11) is 0. The van der Waals surface area contributed by atoms with Gasteiger partial charge in [0.15, 0.2) is 0 Å². The molecular formula is C56H37N. The van der Waals surface area contributed by atoms with Crippen molar-refractivity contribution < 1.29 is 0 Å². The Hall–Kier alpha value is -7.48. The first-order valence-electron chi connectivity index (χ1n) is 19.7. The van der Waals surface area contributed by atoms with Crippen LogP contribution in [0.3, 0.4) is 0 Å². The molecule has 57 heavy (non-hydrogen) atoms. The van der Waals surface area contributed by atoms with Crippen LogP contribution in [0.2, 0.25) is 0 Å². The van der Waals surface area contributed by atoms with E-state index in [4.69, 9.17) is 0 Å². The molecule has 0 spiro atoms. The topological polar surface area (TPSA) is 3.24 Å². The maximum absolute atomic E-state index is 2.44. The Kier molecular flexibility index (Phi) is 7.89. The molecule has 11 aromatic carbocycles. The molecule has 0 aliphatic rings. The third-order valence-electron chi connectivity index (χ3n) is 11.6. The number of fused-ring (bicyclic) bond motifs is 7. The highest BCUT2D eigenvalue weighted by molar-refractivity contribution is 6.22. The number of nitrogens with zero attached hydrogens (tertiary/aromatic N) is 1. The maximum atomic E-state index is 2.44. The van der Waals surface area contributed by atoms with Gasteiger partial charge in [-0.2, -0.15) is 0 Å². The van der Waals surface area contributed by atoms with Gasteiger partial charge in [0.2, 0.25) is 0 Å². The Morgan fingerprint density at radius 1 is 0.228 bits per heavy atom. The van der Waals surface area contributed by atoms with Crippen molar-refractivity contribution in [3.8, 4) is 33.4 Å². The number of rotatable bonds is 6. The molecule has 0 N–H and O–H groups in total. The molecule has 0 bridgehead atoms. The highest BCUT2D eigenvalue weighted by Gasteiger charge is 2.21. The first kappa shape index (κ1) is 32.9. The van der Waals surface area contributed by atoms with Crippen molar-refractivity contribution >= 4 is 70.9 Å². The molecule has 0 atom stereocenters. The van der Waals surface area contributed by atoms with E-state index in [1.54, 1.807) is 0 Å². The van der Waals surface area contributed by atoms with Crippen LogP contribution in [-0.2, 0) is 0 Å². The van der Waals surface area contributed by atoms with E-state index in [1.165, 1.54) is 87.2 Å². The average Bonchev–Trinajstić information content (AvgIpc) is 3.29. The minimum absolute atomic E-state index is 1.10. The van der Waals surface area contributed by atoms with Crippen molar-refractivity contribution in [1.29, 1.82) is 0 Å². The third-order valence-corrected chi connectivity index (χ3v) is 11.6. The van der Waals surface area contributed by atoms with E-state index >= 15 is 0 Å². The van der Waals surface area contributed by atoms with Crippen molar-refractivity contribution in [2.45, 2.75) is 0 Å². The minimum atomic E-state index is 1.10. The lowest BCUT2D eigenvalue weighted by Crippen LogP contribution is -2.10. The fraction of sp³-hybridized carbons (Fsp3) is 0. The Bertz CT molecular complexity index is 3290. The van der Waals surface area contributed by atoms with Gasteiger partial charge in [-0.15, -0.1) is 0 Å². The number of anilines is 3. The van der Waals surface area contributed by atoms with Gasteiger partial charge in [-0.05, 0) is 124 Å². The molecule has 1 heteroatoms. The van der Waals surface area contributed by atoms with Crippen LogP contribution in [0.4, 0.5) is 17.1 Å². The molecule has 266 valence electrons. The van der Waals surface area contributed by atoms with E-state index in [-0.39, 0.29) is 0 Å². The summed E-state index contributed by atoms with van der Waals surface area (Å²) in [6.07, 6.45) is 0. The molecule has 11 rings (SSSR count). The van der Waals surface area contributed by atoms with Gasteiger partial charge in [-0.25, -0.2) is 0 Å². The van der Waals surface area contributed by atoms with Crippen LogP contribution in [0.1, 0.15) is 0 Å². The lowest BCUT2D eigenvalue weighted by Gasteiger charge is -2.28. The summed E-state index contributed by atoms with van der Waals surface area (Å²) >= 11 is 0. The molecule has 0 aromatic heterocycles. The first-order chi connectivity index (χ1) is 28.3. The van der Waals surface area contributed by atoms with Gasteiger partial charge in [0.25, 0.3) is 0 Å². The summed E-state index contributed by atoms with van der Waals surface area (Å²) in [4.78, 5) is 2.44. The van der Waals surface area contributed by atoms with E-state index < -0.39 is 0 Å². The van der Waals surface area contributed by atoms with Crippen molar-refractivity contribution in [2.75, 3.05) is 4.90 Å². The third kappa shape index (κ3) is 5.63. The second-order valence-corrected chi connectivity index (χ2v) is 14.9. The SMILES string of the molecule is c1ccc(-c2c(-c3ccccc3)c3cc(N(c4cccc(-c5cccc6ccccc56)c4)c4ccc5c(ccc6ccccc65)c4)ccc3c3ccccc23)cc1. The molecule has 0 amide bonds. The zero-order valence-corrected chi connectivity index (χ0v) is 31.3. The van der Waals surface area contributed by atoms with Gasteiger partial charge in [0.05, 0.1) is 0 Å². The molecule has 0 radical (unpaired) electrons. The number of hydrogen-bond donors (Lipinski definition) is 0. The van der Waals surface area contributed by atoms with Gasteiger partial charge in [-0.3, -0.25) is 0 Å². The summed E-state index contributed by atoms with van der Waals surface area (Å²) < 4.78 is 0. The molecule has 0 aliphatic heterocycles. The van der Waals surface area contributed by atoms with Gasteiger partial charge < -0.3 is 4.90 Å². The monoisotopic (exact) mass is 723 g/mol. The zero-order valence-electron chi connectivity index (χ0n) is 31.3. The first-order valence-corrected chi connectivity index (χ1v) is 19.7. The highest BCUT2D eigenvalue weighted by Crippen LogP contribution is 2.47. The van der Waals surface area contributed by atoms with Crippen molar-refractivity contribution in [1.82, 2.24) is 0 Å². The van der Waals surface area contributed by atoms with Gasteiger partial charge >= 0.3 is 0 Å². The Morgan fingerprint density at radius 2 is 0.702 bits per heavy atom. The van der Waals surface area contributed by atoms with Crippen LogP contribution >= 0.6 is 0 Å². The summed E-state index contributed by atoms with van der Waals surface area (Å²) in [6, 6.07) is 82.2. The number of benzene rings is 11. The van der Waals surface area contributed by atoms with E-state index in [0.29, 0.717) is 0 Å². The highest BCUT2D eigenvalue weighted by atomic mass is 15.1. The van der Waals surface area contributed by atoms with Crippen LogP contribution in [-0.4, -0.2) is 0 Å². The van der Waals surface area contributed by atoms with E-state index in [0.717, 1.165) is 17.1 Å². The second-order valence-electron chi connectivity index (χ2n) is 14.9. The van der Waals surface area contributed by atoms with Crippen molar-refractivity contribution in [2.24, 2.45) is 0 Å². The molecule has 0 fully saturated rings.